The van der Waals surface area contributed by atoms with Gasteiger partial charge in [0.2, 0.25) is 15.9 Å². The summed E-state index contributed by atoms with van der Waals surface area (Å²) < 4.78 is 32.3. The fourth-order valence-corrected chi connectivity index (χ4v) is 4.80. The second-order valence-corrected chi connectivity index (χ2v) is 9.54. The van der Waals surface area contributed by atoms with Crippen molar-refractivity contribution in [1.29, 1.82) is 0 Å². The summed E-state index contributed by atoms with van der Waals surface area (Å²) in [4.78, 5) is 31.2. The number of piperazine rings is 1. The lowest BCUT2D eigenvalue weighted by Gasteiger charge is -2.36. The molecule has 0 radical (unpaired) electrons. The average Bonchev–Trinajstić information content (AvgIpc) is 2.75. The fourth-order valence-electron chi connectivity index (χ4n) is 3.73. The summed E-state index contributed by atoms with van der Waals surface area (Å²) in [6, 6.07) is 3.16. The van der Waals surface area contributed by atoms with Crippen LogP contribution in [-0.2, 0) is 19.6 Å². The van der Waals surface area contributed by atoms with Gasteiger partial charge in [-0.15, -0.1) is 0 Å². The lowest BCUT2D eigenvalue weighted by Crippen LogP contribution is -2.53. The zero-order chi connectivity index (χ0) is 21.9. The number of hydrogen-bond acceptors (Lipinski definition) is 6. The maximum absolute atomic E-state index is 13.0. The fraction of sp³-hybridized carbons (Fsp3) is 0.600. The van der Waals surface area contributed by atoms with E-state index in [2.05, 4.69) is 9.62 Å². The molecule has 0 unspecified atom stereocenters. The number of nitrogens with zero attached hydrogens (tertiary/aromatic N) is 3. The summed E-state index contributed by atoms with van der Waals surface area (Å²) in [6.45, 7) is 8.51. The molecule has 0 spiro atoms. The standard InChI is InChI=1S/C20H30N4O5S/c1-15-12-17(13-18(16(15)2)30(27,28)21-3)20(26)24-6-4-23(5-7-24)19(25)14-22-8-10-29-11-9-22/h12-13,21H,4-11,14H2,1-3H3. The summed E-state index contributed by atoms with van der Waals surface area (Å²) in [5.41, 5.74) is 1.72. The topological polar surface area (TPSA) is 99.3 Å². The monoisotopic (exact) mass is 438 g/mol. The SMILES string of the molecule is CNS(=O)(=O)c1cc(C(=O)N2CCN(C(=O)CN3CCOCC3)CC2)cc(C)c1C. The molecule has 1 N–H and O–H groups in total. The van der Waals surface area contributed by atoms with Crippen LogP contribution in [0.2, 0.25) is 0 Å². The highest BCUT2D eigenvalue weighted by Gasteiger charge is 2.27. The van der Waals surface area contributed by atoms with Gasteiger partial charge in [-0.05, 0) is 44.2 Å². The van der Waals surface area contributed by atoms with Gasteiger partial charge in [0.15, 0.2) is 0 Å². The van der Waals surface area contributed by atoms with Crippen LogP contribution >= 0.6 is 0 Å². The van der Waals surface area contributed by atoms with Crippen LogP contribution < -0.4 is 4.72 Å². The highest BCUT2D eigenvalue weighted by molar-refractivity contribution is 7.89. The maximum atomic E-state index is 13.0. The van der Waals surface area contributed by atoms with Gasteiger partial charge in [0.1, 0.15) is 0 Å². The van der Waals surface area contributed by atoms with Crippen molar-refractivity contribution in [2.45, 2.75) is 18.7 Å². The molecule has 2 aliphatic rings. The predicted octanol–water partition coefficient (Wildman–Crippen LogP) is -0.172. The summed E-state index contributed by atoms with van der Waals surface area (Å²) in [5, 5.41) is 0. The number of morpholine rings is 1. The number of nitrogens with one attached hydrogen (secondary N) is 1. The number of amides is 2. The Kier molecular flexibility index (Phi) is 7.12. The molecule has 2 heterocycles. The number of aryl methyl sites for hydroxylation is 1. The lowest BCUT2D eigenvalue weighted by molar-refractivity contribution is -0.134. The predicted molar refractivity (Wildman–Crippen MR) is 112 cm³/mol. The molecular formula is C20H30N4O5S. The molecule has 0 aromatic heterocycles. The van der Waals surface area contributed by atoms with Crippen LogP contribution in [-0.4, -0.2) is 101 Å². The first-order valence-electron chi connectivity index (χ1n) is 10.1. The Labute approximate surface area is 178 Å². The minimum atomic E-state index is -3.66. The molecule has 10 heteroatoms. The largest absolute Gasteiger partial charge is 0.379 e. The van der Waals surface area contributed by atoms with E-state index in [1.165, 1.54) is 13.1 Å². The second kappa shape index (κ2) is 9.42. The van der Waals surface area contributed by atoms with E-state index >= 15 is 0 Å². The number of rotatable bonds is 5. The van der Waals surface area contributed by atoms with Gasteiger partial charge in [-0.1, -0.05) is 0 Å². The molecule has 0 saturated carbocycles. The first-order chi connectivity index (χ1) is 14.2. The molecule has 3 rings (SSSR count). The molecule has 2 saturated heterocycles. The van der Waals surface area contributed by atoms with Gasteiger partial charge < -0.3 is 14.5 Å². The van der Waals surface area contributed by atoms with Crippen molar-refractivity contribution in [2.24, 2.45) is 0 Å². The van der Waals surface area contributed by atoms with Gasteiger partial charge in [-0.2, -0.15) is 0 Å². The Morgan fingerprint density at radius 1 is 1.00 bits per heavy atom. The molecule has 0 atom stereocenters. The van der Waals surface area contributed by atoms with Crippen LogP contribution in [0.5, 0.6) is 0 Å². The third-order valence-corrected chi connectivity index (χ3v) is 7.35. The summed E-state index contributed by atoms with van der Waals surface area (Å²) in [7, 11) is -2.31. The van der Waals surface area contributed by atoms with Crippen LogP contribution in [0, 0.1) is 13.8 Å². The van der Waals surface area contributed by atoms with E-state index in [0.717, 1.165) is 18.7 Å². The maximum Gasteiger partial charge on any atom is 0.254 e. The van der Waals surface area contributed by atoms with Crippen molar-refractivity contribution in [3.05, 3.63) is 28.8 Å². The first-order valence-corrected chi connectivity index (χ1v) is 11.6. The number of carbonyl (C=O) groups excluding carboxylic acids is 2. The van der Waals surface area contributed by atoms with Crippen molar-refractivity contribution in [2.75, 3.05) is 66.1 Å². The first kappa shape index (κ1) is 22.7. The van der Waals surface area contributed by atoms with E-state index in [-0.39, 0.29) is 16.7 Å². The minimum Gasteiger partial charge on any atom is -0.379 e. The van der Waals surface area contributed by atoms with E-state index in [9.17, 15) is 18.0 Å². The molecule has 1 aromatic carbocycles. The number of benzene rings is 1. The Morgan fingerprint density at radius 3 is 2.20 bits per heavy atom. The van der Waals surface area contributed by atoms with Crippen LogP contribution in [0.15, 0.2) is 17.0 Å². The van der Waals surface area contributed by atoms with Gasteiger partial charge in [0.25, 0.3) is 5.91 Å². The van der Waals surface area contributed by atoms with E-state index in [1.807, 2.05) is 0 Å². The smallest absolute Gasteiger partial charge is 0.254 e. The third-order valence-electron chi connectivity index (χ3n) is 5.81. The summed E-state index contributed by atoms with van der Waals surface area (Å²) in [6.07, 6.45) is 0. The number of ether oxygens (including phenoxy) is 1. The van der Waals surface area contributed by atoms with Crippen LogP contribution in [0.4, 0.5) is 0 Å². The molecule has 166 valence electrons. The number of hydrogen-bond donors (Lipinski definition) is 1. The number of carbonyl (C=O) groups is 2. The highest BCUT2D eigenvalue weighted by Crippen LogP contribution is 2.22. The molecular weight excluding hydrogens is 408 g/mol. The molecule has 1 aromatic rings. The molecule has 0 bridgehead atoms. The van der Waals surface area contributed by atoms with Gasteiger partial charge in [0, 0.05) is 44.8 Å². The van der Waals surface area contributed by atoms with Gasteiger partial charge in [-0.25, -0.2) is 13.1 Å². The van der Waals surface area contributed by atoms with E-state index in [4.69, 9.17) is 4.74 Å². The Bertz CT molecular complexity index is 904. The lowest BCUT2D eigenvalue weighted by atomic mass is 10.0. The molecule has 2 fully saturated rings. The average molecular weight is 439 g/mol. The van der Waals surface area contributed by atoms with E-state index in [1.54, 1.807) is 29.7 Å². The van der Waals surface area contributed by atoms with Crippen molar-refractivity contribution < 1.29 is 22.7 Å². The Balaban J connectivity index is 1.64. The minimum absolute atomic E-state index is 0.0672. The molecule has 30 heavy (non-hydrogen) atoms. The zero-order valence-corrected chi connectivity index (χ0v) is 18.6. The third kappa shape index (κ3) is 5.00. The Morgan fingerprint density at radius 2 is 1.60 bits per heavy atom. The highest BCUT2D eigenvalue weighted by atomic mass is 32.2. The zero-order valence-electron chi connectivity index (χ0n) is 17.8. The van der Waals surface area contributed by atoms with Gasteiger partial charge in [0.05, 0.1) is 24.7 Å². The van der Waals surface area contributed by atoms with Crippen LogP contribution in [0.25, 0.3) is 0 Å². The number of sulfonamides is 1. The molecule has 0 aliphatic carbocycles. The van der Waals surface area contributed by atoms with E-state index in [0.29, 0.717) is 57.1 Å². The van der Waals surface area contributed by atoms with Crippen molar-refractivity contribution in [1.82, 2.24) is 19.4 Å². The summed E-state index contributed by atoms with van der Waals surface area (Å²) >= 11 is 0. The quantitative estimate of drug-likeness (QED) is 0.685. The Hall–Kier alpha value is -2.01. The van der Waals surface area contributed by atoms with Crippen molar-refractivity contribution >= 4 is 21.8 Å². The van der Waals surface area contributed by atoms with Gasteiger partial charge >= 0.3 is 0 Å². The van der Waals surface area contributed by atoms with Crippen molar-refractivity contribution in [3.8, 4) is 0 Å². The van der Waals surface area contributed by atoms with E-state index < -0.39 is 10.0 Å². The normalized spacial score (nSPS) is 18.5. The van der Waals surface area contributed by atoms with Crippen molar-refractivity contribution in [3.63, 3.8) is 0 Å². The molecule has 2 aliphatic heterocycles. The van der Waals surface area contributed by atoms with Gasteiger partial charge in [-0.3, -0.25) is 14.5 Å². The van der Waals surface area contributed by atoms with Crippen LogP contribution in [0.3, 0.4) is 0 Å². The molecule has 9 nitrogen and oxygen atoms in total. The second-order valence-electron chi connectivity index (χ2n) is 7.69. The summed E-state index contributed by atoms with van der Waals surface area (Å²) in [5.74, 6) is -0.150. The molecule has 2 amide bonds. The van der Waals surface area contributed by atoms with Crippen LogP contribution in [0.1, 0.15) is 21.5 Å².